The highest BCUT2D eigenvalue weighted by Gasteiger charge is 2.14. The predicted octanol–water partition coefficient (Wildman–Crippen LogP) is 4.29. The molecule has 0 heterocycles. The standard InChI is InChI=1S/C18H22FNO/c1-13(2)14-8-10-15(11-9-14)21-12-18(20-3)16-6-4-5-7-17(16)19/h4-11,13,18,20H,12H2,1-3H3. The Kier molecular flexibility index (Phi) is 5.34. The summed E-state index contributed by atoms with van der Waals surface area (Å²) in [6.07, 6.45) is 0. The van der Waals surface area contributed by atoms with Gasteiger partial charge in [-0.05, 0) is 36.7 Å². The maximum atomic E-state index is 13.8. The zero-order chi connectivity index (χ0) is 15.2. The summed E-state index contributed by atoms with van der Waals surface area (Å²) < 4.78 is 19.6. The van der Waals surface area contributed by atoms with Crippen molar-refractivity contribution in [2.45, 2.75) is 25.8 Å². The number of hydrogen-bond donors (Lipinski definition) is 1. The predicted molar refractivity (Wildman–Crippen MR) is 84.2 cm³/mol. The topological polar surface area (TPSA) is 21.3 Å². The third-order valence-corrected chi connectivity index (χ3v) is 3.59. The first kappa shape index (κ1) is 15.5. The second kappa shape index (κ2) is 7.23. The van der Waals surface area contributed by atoms with Crippen LogP contribution in [0, 0.1) is 5.82 Å². The van der Waals surface area contributed by atoms with Gasteiger partial charge in [0, 0.05) is 5.56 Å². The monoisotopic (exact) mass is 287 g/mol. The van der Waals surface area contributed by atoms with E-state index in [0.717, 1.165) is 5.75 Å². The third kappa shape index (κ3) is 4.05. The molecule has 1 N–H and O–H groups in total. The molecule has 0 radical (unpaired) electrons. The van der Waals surface area contributed by atoms with E-state index >= 15 is 0 Å². The smallest absolute Gasteiger partial charge is 0.128 e. The molecule has 0 aromatic heterocycles. The van der Waals surface area contributed by atoms with Crippen molar-refractivity contribution < 1.29 is 9.13 Å². The molecule has 112 valence electrons. The largest absolute Gasteiger partial charge is 0.492 e. The number of hydrogen-bond acceptors (Lipinski definition) is 2. The number of rotatable bonds is 6. The van der Waals surface area contributed by atoms with Gasteiger partial charge in [0.2, 0.25) is 0 Å². The summed E-state index contributed by atoms with van der Waals surface area (Å²) >= 11 is 0. The first-order valence-electron chi connectivity index (χ1n) is 7.26. The molecule has 2 nitrogen and oxygen atoms in total. The Balaban J connectivity index is 2.02. The molecule has 1 atom stereocenters. The average Bonchev–Trinajstić information content (AvgIpc) is 2.50. The van der Waals surface area contributed by atoms with Gasteiger partial charge in [0.1, 0.15) is 18.2 Å². The van der Waals surface area contributed by atoms with Crippen molar-refractivity contribution in [2.24, 2.45) is 0 Å². The van der Waals surface area contributed by atoms with Crippen LogP contribution in [0.25, 0.3) is 0 Å². The highest BCUT2D eigenvalue weighted by atomic mass is 19.1. The molecule has 2 rings (SSSR count). The van der Waals surface area contributed by atoms with E-state index in [0.29, 0.717) is 18.1 Å². The van der Waals surface area contributed by atoms with E-state index in [1.54, 1.807) is 12.1 Å². The number of likely N-dealkylation sites (N-methyl/N-ethyl adjacent to an activating group) is 1. The molecule has 1 unspecified atom stereocenters. The van der Waals surface area contributed by atoms with Crippen LogP contribution in [0.1, 0.15) is 36.9 Å². The lowest BCUT2D eigenvalue weighted by Crippen LogP contribution is -2.24. The molecule has 0 aliphatic rings. The lowest BCUT2D eigenvalue weighted by Gasteiger charge is -2.18. The molecule has 0 fully saturated rings. The second-order valence-corrected chi connectivity index (χ2v) is 5.40. The Morgan fingerprint density at radius 2 is 1.71 bits per heavy atom. The molecular weight excluding hydrogens is 265 g/mol. The zero-order valence-electron chi connectivity index (χ0n) is 12.8. The van der Waals surface area contributed by atoms with E-state index in [1.165, 1.54) is 11.6 Å². The van der Waals surface area contributed by atoms with Gasteiger partial charge in [0.05, 0.1) is 6.04 Å². The van der Waals surface area contributed by atoms with Gasteiger partial charge in [-0.15, -0.1) is 0 Å². The molecule has 0 saturated heterocycles. The van der Waals surface area contributed by atoms with Crippen LogP contribution >= 0.6 is 0 Å². The second-order valence-electron chi connectivity index (χ2n) is 5.40. The molecule has 0 spiro atoms. The molecule has 21 heavy (non-hydrogen) atoms. The van der Waals surface area contributed by atoms with Crippen LogP contribution in [0.3, 0.4) is 0 Å². The van der Waals surface area contributed by atoms with Crippen molar-refractivity contribution in [2.75, 3.05) is 13.7 Å². The third-order valence-electron chi connectivity index (χ3n) is 3.59. The number of ether oxygens (including phenoxy) is 1. The van der Waals surface area contributed by atoms with Gasteiger partial charge in [-0.1, -0.05) is 44.2 Å². The van der Waals surface area contributed by atoms with Gasteiger partial charge in [-0.25, -0.2) is 4.39 Å². The molecule has 0 bridgehead atoms. The number of nitrogens with one attached hydrogen (secondary N) is 1. The van der Waals surface area contributed by atoms with E-state index in [9.17, 15) is 4.39 Å². The van der Waals surface area contributed by atoms with Gasteiger partial charge in [-0.3, -0.25) is 0 Å². The lowest BCUT2D eigenvalue weighted by atomic mass is 10.0. The highest BCUT2D eigenvalue weighted by molar-refractivity contribution is 5.29. The fraction of sp³-hybridized carbons (Fsp3) is 0.333. The average molecular weight is 287 g/mol. The van der Waals surface area contributed by atoms with E-state index in [4.69, 9.17) is 4.74 Å². The van der Waals surface area contributed by atoms with Crippen LogP contribution in [0.4, 0.5) is 4.39 Å². The summed E-state index contributed by atoms with van der Waals surface area (Å²) in [6.45, 7) is 4.70. The number of halogens is 1. The van der Waals surface area contributed by atoms with Crippen molar-refractivity contribution in [3.05, 3.63) is 65.5 Å². The molecular formula is C18H22FNO. The molecule has 0 saturated carbocycles. The van der Waals surface area contributed by atoms with E-state index in [2.05, 4.69) is 31.3 Å². The van der Waals surface area contributed by atoms with Crippen LogP contribution in [-0.4, -0.2) is 13.7 Å². The van der Waals surface area contributed by atoms with Crippen molar-refractivity contribution in [3.8, 4) is 5.75 Å². The van der Waals surface area contributed by atoms with Crippen LogP contribution < -0.4 is 10.1 Å². The SMILES string of the molecule is CNC(COc1ccc(C(C)C)cc1)c1ccccc1F. The molecule has 2 aromatic rings. The van der Waals surface area contributed by atoms with Crippen LogP contribution in [-0.2, 0) is 0 Å². The van der Waals surface area contributed by atoms with Crippen molar-refractivity contribution in [3.63, 3.8) is 0 Å². The van der Waals surface area contributed by atoms with E-state index < -0.39 is 0 Å². The Morgan fingerprint density at radius 3 is 2.29 bits per heavy atom. The first-order valence-corrected chi connectivity index (χ1v) is 7.26. The minimum Gasteiger partial charge on any atom is -0.492 e. The van der Waals surface area contributed by atoms with Crippen LogP contribution in [0.5, 0.6) is 5.75 Å². The normalized spacial score (nSPS) is 12.4. The highest BCUT2D eigenvalue weighted by Crippen LogP contribution is 2.21. The molecule has 0 amide bonds. The van der Waals surface area contributed by atoms with Crippen molar-refractivity contribution >= 4 is 0 Å². The Labute approximate surface area is 126 Å². The Morgan fingerprint density at radius 1 is 1.05 bits per heavy atom. The molecule has 0 aliphatic carbocycles. The summed E-state index contributed by atoms with van der Waals surface area (Å²) in [5.74, 6) is 1.09. The summed E-state index contributed by atoms with van der Waals surface area (Å²) in [6, 6.07) is 14.7. The van der Waals surface area contributed by atoms with Crippen LogP contribution in [0.2, 0.25) is 0 Å². The van der Waals surface area contributed by atoms with Gasteiger partial charge in [0.25, 0.3) is 0 Å². The van der Waals surface area contributed by atoms with Crippen molar-refractivity contribution in [1.29, 1.82) is 0 Å². The number of benzene rings is 2. The summed E-state index contributed by atoms with van der Waals surface area (Å²) in [5, 5.41) is 3.09. The fourth-order valence-electron chi connectivity index (χ4n) is 2.21. The first-order chi connectivity index (χ1) is 10.1. The fourth-order valence-corrected chi connectivity index (χ4v) is 2.21. The lowest BCUT2D eigenvalue weighted by molar-refractivity contribution is 0.270. The maximum Gasteiger partial charge on any atom is 0.128 e. The maximum absolute atomic E-state index is 13.8. The van der Waals surface area contributed by atoms with Crippen molar-refractivity contribution in [1.82, 2.24) is 5.32 Å². The molecule has 3 heteroatoms. The van der Waals surface area contributed by atoms with Gasteiger partial charge >= 0.3 is 0 Å². The zero-order valence-corrected chi connectivity index (χ0v) is 12.8. The summed E-state index contributed by atoms with van der Waals surface area (Å²) in [4.78, 5) is 0. The van der Waals surface area contributed by atoms with E-state index in [-0.39, 0.29) is 11.9 Å². The molecule has 2 aromatic carbocycles. The minimum absolute atomic E-state index is 0.170. The van der Waals surface area contributed by atoms with Gasteiger partial charge in [-0.2, -0.15) is 0 Å². The minimum atomic E-state index is -0.212. The van der Waals surface area contributed by atoms with E-state index in [1.807, 2.05) is 25.2 Å². The summed E-state index contributed by atoms with van der Waals surface area (Å²) in [5.41, 5.74) is 1.90. The molecule has 0 aliphatic heterocycles. The van der Waals surface area contributed by atoms with Crippen LogP contribution in [0.15, 0.2) is 48.5 Å². The quantitative estimate of drug-likeness (QED) is 0.856. The van der Waals surface area contributed by atoms with Gasteiger partial charge in [0.15, 0.2) is 0 Å². The Bertz CT molecular complexity index is 566. The summed E-state index contributed by atoms with van der Waals surface area (Å²) in [7, 11) is 1.81. The van der Waals surface area contributed by atoms with Gasteiger partial charge < -0.3 is 10.1 Å². The Hall–Kier alpha value is -1.87.